The minimum absolute atomic E-state index is 0.00434. The standard InChI is InChI=1S/C19H21Cl2F3N4O/c20-15-7-6-12(10-16(15)21)26-18-25-11-14(19(22,23)24)17(27-18)28-8-2-1-4-13(28)5-3-9-29/h6-7,10-11,13,29H,1-5,8-9H2,(H,25,26,27). The minimum atomic E-state index is -4.57. The molecular weight excluding hydrogens is 428 g/mol. The highest BCUT2D eigenvalue weighted by molar-refractivity contribution is 6.42. The lowest BCUT2D eigenvalue weighted by molar-refractivity contribution is -0.137. The van der Waals surface area contributed by atoms with E-state index >= 15 is 0 Å². The molecule has 0 amide bonds. The Morgan fingerprint density at radius 2 is 2.00 bits per heavy atom. The summed E-state index contributed by atoms with van der Waals surface area (Å²) in [5.41, 5.74) is -0.353. The average Bonchev–Trinajstić information content (AvgIpc) is 2.68. The van der Waals surface area contributed by atoms with Gasteiger partial charge in [-0.25, -0.2) is 4.98 Å². The van der Waals surface area contributed by atoms with Crippen molar-refractivity contribution < 1.29 is 18.3 Å². The molecule has 1 aromatic carbocycles. The van der Waals surface area contributed by atoms with E-state index in [-0.39, 0.29) is 24.4 Å². The zero-order chi connectivity index (χ0) is 21.0. The molecule has 0 saturated carbocycles. The number of halogens is 5. The quantitative estimate of drug-likeness (QED) is 0.595. The Labute approximate surface area is 176 Å². The first kappa shape index (κ1) is 21.9. The number of aliphatic hydroxyl groups is 1. The molecule has 1 aliphatic heterocycles. The maximum absolute atomic E-state index is 13.6. The Kier molecular flexibility index (Phi) is 7.08. The highest BCUT2D eigenvalue weighted by atomic mass is 35.5. The van der Waals surface area contributed by atoms with E-state index in [9.17, 15) is 13.2 Å². The lowest BCUT2D eigenvalue weighted by atomic mass is 9.97. The number of rotatable bonds is 6. The van der Waals surface area contributed by atoms with Crippen molar-refractivity contribution in [2.45, 2.75) is 44.3 Å². The Bertz CT molecular complexity index is 851. The summed E-state index contributed by atoms with van der Waals surface area (Å²) in [5.74, 6) is -0.101. The topological polar surface area (TPSA) is 61.3 Å². The van der Waals surface area contributed by atoms with Gasteiger partial charge in [0, 0.05) is 31.1 Å². The van der Waals surface area contributed by atoms with Crippen LogP contribution in [0.3, 0.4) is 0 Å². The molecule has 0 aliphatic carbocycles. The van der Waals surface area contributed by atoms with Gasteiger partial charge < -0.3 is 15.3 Å². The van der Waals surface area contributed by atoms with E-state index < -0.39 is 11.7 Å². The number of alkyl halides is 3. The van der Waals surface area contributed by atoms with Crippen molar-refractivity contribution in [2.75, 3.05) is 23.4 Å². The van der Waals surface area contributed by atoms with Crippen molar-refractivity contribution >= 4 is 40.7 Å². The number of aliphatic hydroxyl groups excluding tert-OH is 1. The number of benzene rings is 1. The van der Waals surface area contributed by atoms with Gasteiger partial charge in [-0.05, 0) is 50.3 Å². The number of anilines is 3. The SMILES string of the molecule is OCCCC1CCCCN1c1nc(Nc2ccc(Cl)c(Cl)c2)ncc1C(F)(F)F. The van der Waals surface area contributed by atoms with Gasteiger partial charge in [-0.2, -0.15) is 18.2 Å². The van der Waals surface area contributed by atoms with E-state index in [1.807, 2.05) is 0 Å². The molecule has 158 valence electrons. The van der Waals surface area contributed by atoms with Crippen LogP contribution < -0.4 is 10.2 Å². The third kappa shape index (κ3) is 5.43. The summed E-state index contributed by atoms with van der Waals surface area (Å²) in [6.07, 6.45) is -0.150. The molecule has 3 rings (SSSR count). The molecule has 1 unspecified atom stereocenters. The van der Waals surface area contributed by atoms with Gasteiger partial charge in [0.1, 0.15) is 11.4 Å². The Morgan fingerprint density at radius 1 is 1.21 bits per heavy atom. The van der Waals surface area contributed by atoms with Gasteiger partial charge in [0.15, 0.2) is 0 Å². The predicted molar refractivity (Wildman–Crippen MR) is 108 cm³/mol. The van der Waals surface area contributed by atoms with Gasteiger partial charge in [-0.15, -0.1) is 0 Å². The second-order valence-corrected chi connectivity index (χ2v) is 7.71. The number of piperidine rings is 1. The summed E-state index contributed by atoms with van der Waals surface area (Å²) >= 11 is 11.9. The summed E-state index contributed by atoms with van der Waals surface area (Å²) in [6, 6.07) is 4.66. The second kappa shape index (κ2) is 9.36. The highest BCUT2D eigenvalue weighted by Crippen LogP contribution is 2.38. The van der Waals surface area contributed by atoms with E-state index in [0.717, 1.165) is 25.5 Å². The third-order valence-electron chi connectivity index (χ3n) is 4.84. The number of hydrogen-bond donors (Lipinski definition) is 2. The minimum Gasteiger partial charge on any atom is -0.396 e. The zero-order valence-electron chi connectivity index (χ0n) is 15.5. The first-order valence-corrected chi connectivity index (χ1v) is 10.1. The molecule has 0 radical (unpaired) electrons. The Hall–Kier alpha value is -1.77. The fourth-order valence-corrected chi connectivity index (χ4v) is 3.76. The Balaban J connectivity index is 1.96. The van der Waals surface area contributed by atoms with Gasteiger partial charge in [0.25, 0.3) is 0 Å². The number of aromatic nitrogens is 2. The predicted octanol–water partition coefficient (Wildman–Crippen LogP) is 5.68. The highest BCUT2D eigenvalue weighted by Gasteiger charge is 2.38. The Morgan fingerprint density at radius 3 is 2.69 bits per heavy atom. The van der Waals surface area contributed by atoms with Crippen molar-refractivity contribution in [1.29, 1.82) is 0 Å². The largest absolute Gasteiger partial charge is 0.421 e. The summed E-state index contributed by atoms with van der Waals surface area (Å²) < 4.78 is 40.9. The smallest absolute Gasteiger partial charge is 0.396 e. The molecular formula is C19H21Cl2F3N4O. The summed E-state index contributed by atoms with van der Waals surface area (Å²) in [5, 5.41) is 12.7. The molecule has 5 nitrogen and oxygen atoms in total. The third-order valence-corrected chi connectivity index (χ3v) is 5.58. The molecule has 0 spiro atoms. The van der Waals surface area contributed by atoms with Crippen LogP contribution in [0.25, 0.3) is 0 Å². The normalized spacial score (nSPS) is 17.4. The van der Waals surface area contributed by atoms with Crippen LogP contribution in [-0.2, 0) is 6.18 Å². The first-order valence-electron chi connectivity index (χ1n) is 9.33. The summed E-state index contributed by atoms with van der Waals surface area (Å²) in [6.45, 7) is 0.479. The molecule has 1 aromatic heterocycles. The van der Waals surface area contributed by atoms with Crippen LogP contribution in [0.2, 0.25) is 10.0 Å². The zero-order valence-corrected chi connectivity index (χ0v) is 17.0. The van der Waals surface area contributed by atoms with E-state index in [0.29, 0.717) is 35.1 Å². The van der Waals surface area contributed by atoms with Gasteiger partial charge >= 0.3 is 6.18 Å². The van der Waals surface area contributed by atoms with Crippen molar-refractivity contribution in [3.63, 3.8) is 0 Å². The molecule has 1 fully saturated rings. The van der Waals surface area contributed by atoms with E-state index in [1.54, 1.807) is 23.1 Å². The van der Waals surface area contributed by atoms with Crippen molar-refractivity contribution in [3.8, 4) is 0 Å². The van der Waals surface area contributed by atoms with Crippen LogP contribution in [0.1, 0.15) is 37.7 Å². The van der Waals surface area contributed by atoms with E-state index in [4.69, 9.17) is 28.3 Å². The maximum Gasteiger partial charge on any atom is 0.421 e. The van der Waals surface area contributed by atoms with Crippen LogP contribution in [-0.4, -0.2) is 34.3 Å². The van der Waals surface area contributed by atoms with Crippen molar-refractivity contribution in [2.24, 2.45) is 0 Å². The van der Waals surface area contributed by atoms with Crippen LogP contribution in [0.15, 0.2) is 24.4 Å². The first-order chi connectivity index (χ1) is 13.8. The monoisotopic (exact) mass is 448 g/mol. The molecule has 2 heterocycles. The maximum atomic E-state index is 13.6. The molecule has 2 N–H and O–H groups in total. The van der Waals surface area contributed by atoms with E-state index in [1.165, 1.54) is 0 Å². The molecule has 1 atom stereocenters. The van der Waals surface area contributed by atoms with Crippen molar-refractivity contribution in [1.82, 2.24) is 9.97 Å². The molecule has 1 saturated heterocycles. The van der Waals surface area contributed by atoms with Gasteiger partial charge in [0.2, 0.25) is 5.95 Å². The summed E-state index contributed by atoms with van der Waals surface area (Å²) in [4.78, 5) is 9.76. The fourth-order valence-electron chi connectivity index (χ4n) is 3.46. The number of nitrogens with one attached hydrogen (secondary N) is 1. The lowest BCUT2D eigenvalue weighted by Crippen LogP contribution is -2.41. The molecule has 29 heavy (non-hydrogen) atoms. The number of hydrogen-bond acceptors (Lipinski definition) is 5. The van der Waals surface area contributed by atoms with Gasteiger partial charge in [-0.3, -0.25) is 0 Å². The van der Waals surface area contributed by atoms with Crippen LogP contribution >= 0.6 is 23.2 Å². The molecule has 10 heteroatoms. The van der Waals surface area contributed by atoms with Gasteiger partial charge in [-0.1, -0.05) is 23.2 Å². The molecule has 0 bridgehead atoms. The van der Waals surface area contributed by atoms with Crippen LogP contribution in [0.5, 0.6) is 0 Å². The van der Waals surface area contributed by atoms with Crippen molar-refractivity contribution in [3.05, 3.63) is 40.0 Å². The fraction of sp³-hybridized carbons (Fsp3) is 0.474. The second-order valence-electron chi connectivity index (χ2n) is 6.89. The average molecular weight is 449 g/mol. The van der Waals surface area contributed by atoms with Crippen LogP contribution in [0, 0.1) is 0 Å². The number of nitrogens with zero attached hydrogens (tertiary/aromatic N) is 3. The molecule has 1 aliphatic rings. The van der Waals surface area contributed by atoms with E-state index in [2.05, 4.69) is 15.3 Å². The van der Waals surface area contributed by atoms with Crippen LogP contribution in [0.4, 0.5) is 30.6 Å². The summed E-state index contributed by atoms with van der Waals surface area (Å²) in [7, 11) is 0. The van der Waals surface area contributed by atoms with Gasteiger partial charge in [0.05, 0.1) is 10.0 Å². The molecule has 2 aromatic rings. The lowest BCUT2D eigenvalue weighted by Gasteiger charge is -2.38.